The van der Waals surface area contributed by atoms with Gasteiger partial charge < -0.3 is 4.52 Å². The zero-order valence-corrected chi connectivity index (χ0v) is 13.5. The van der Waals surface area contributed by atoms with Crippen molar-refractivity contribution in [2.45, 2.75) is 18.9 Å². The lowest BCUT2D eigenvalue weighted by atomic mass is 10.1. The minimum absolute atomic E-state index is 0.113. The molecule has 2 heterocycles. The second-order valence-electron chi connectivity index (χ2n) is 6.26. The van der Waals surface area contributed by atoms with Crippen molar-refractivity contribution in [1.29, 1.82) is 0 Å². The highest BCUT2D eigenvalue weighted by molar-refractivity contribution is 5.53. The van der Waals surface area contributed by atoms with Gasteiger partial charge in [-0.15, -0.1) is 0 Å². The Morgan fingerprint density at radius 1 is 1.08 bits per heavy atom. The lowest BCUT2D eigenvalue weighted by Crippen LogP contribution is -2.20. The number of likely N-dealkylation sites (tertiary alicyclic amines) is 1. The van der Waals surface area contributed by atoms with Crippen molar-refractivity contribution in [3.8, 4) is 11.4 Å². The van der Waals surface area contributed by atoms with Crippen molar-refractivity contribution < 1.29 is 13.3 Å². The number of nitrogens with zero attached hydrogens (tertiary/aromatic N) is 3. The summed E-state index contributed by atoms with van der Waals surface area (Å²) in [5.74, 6) is -0.291. The van der Waals surface area contributed by atoms with Crippen molar-refractivity contribution >= 4 is 0 Å². The van der Waals surface area contributed by atoms with Gasteiger partial charge in [0.2, 0.25) is 11.7 Å². The molecule has 0 unspecified atom stereocenters. The van der Waals surface area contributed by atoms with E-state index in [-0.39, 0.29) is 5.92 Å². The van der Waals surface area contributed by atoms with Gasteiger partial charge in [0.15, 0.2) is 11.6 Å². The number of halogens is 2. The summed E-state index contributed by atoms with van der Waals surface area (Å²) in [5.41, 5.74) is 1.28. The van der Waals surface area contributed by atoms with E-state index < -0.39 is 11.6 Å². The maximum Gasteiger partial charge on any atom is 0.231 e. The number of hydrogen-bond acceptors (Lipinski definition) is 4. The molecule has 6 heteroatoms. The molecule has 0 saturated carbocycles. The van der Waals surface area contributed by atoms with Crippen LogP contribution < -0.4 is 0 Å². The van der Waals surface area contributed by atoms with Crippen LogP contribution in [0, 0.1) is 11.6 Å². The van der Waals surface area contributed by atoms with Crippen LogP contribution in [0.5, 0.6) is 0 Å². The molecule has 25 heavy (non-hydrogen) atoms. The van der Waals surface area contributed by atoms with Crippen LogP contribution in [-0.2, 0) is 6.54 Å². The molecule has 0 bridgehead atoms. The van der Waals surface area contributed by atoms with Gasteiger partial charge in [0.25, 0.3) is 0 Å². The third-order valence-corrected chi connectivity index (χ3v) is 4.52. The van der Waals surface area contributed by atoms with Crippen LogP contribution in [0.2, 0.25) is 0 Å². The highest BCUT2D eigenvalue weighted by Gasteiger charge is 2.29. The summed E-state index contributed by atoms with van der Waals surface area (Å²) in [6, 6.07) is 13.9. The maximum atomic E-state index is 13.8. The Bertz CT molecular complexity index is 866. The topological polar surface area (TPSA) is 42.2 Å². The van der Waals surface area contributed by atoms with Gasteiger partial charge in [-0.25, -0.2) is 8.78 Å². The standard InChI is InChI=1S/C19H17F2N3O/c20-16-8-4-7-14(17(16)21)11-24-10-9-15(12-24)19-22-18(23-25-19)13-5-2-1-3-6-13/h1-8,15H,9-12H2/t15-/m0/s1. The molecule has 4 rings (SSSR count). The number of rotatable bonds is 4. The van der Waals surface area contributed by atoms with Gasteiger partial charge in [-0.3, -0.25) is 4.90 Å². The molecule has 128 valence electrons. The lowest BCUT2D eigenvalue weighted by Gasteiger charge is -2.15. The predicted molar refractivity (Wildman–Crippen MR) is 88.7 cm³/mol. The van der Waals surface area contributed by atoms with Crippen LogP contribution in [0.1, 0.15) is 23.8 Å². The second kappa shape index (κ2) is 6.72. The summed E-state index contributed by atoms with van der Waals surface area (Å²) in [6.45, 7) is 1.84. The molecule has 1 aliphatic rings. The first kappa shape index (κ1) is 15.9. The average molecular weight is 341 g/mol. The summed E-state index contributed by atoms with van der Waals surface area (Å²) >= 11 is 0. The van der Waals surface area contributed by atoms with Gasteiger partial charge in [-0.05, 0) is 19.0 Å². The Morgan fingerprint density at radius 2 is 1.92 bits per heavy atom. The molecule has 1 aliphatic heterocycles. The Balaban J connectivity index is 1.44. The minimum Gasteiger partial charge on any atom is -0.339 e. The number of aromatic nitrogens is 2. The smallest absolute Gasteiger partial charge is 0.231 e. The summed E-state index contributed by atoms with van der Waals surface area (Å²) in [4.78, 5) is 6.58. The van der Waals surface area contributed by atoms with E-state index in [9.17, 15) is 8.78 Å². The van der Waals surface area contributed by atoms with Crippen molar-refractivity contribution in [3.05, 3.63) is 71.6 Å². The highest BCUT2D eigenvalue weighted by Crippen LogP contribution is 2.29. The molecule has 0 spiro atoms. The van der Waals surface area contributed by atoms with Crippen LogP contribution in [0.25, 0.3) is 11.4 Å². The Labute approximate surface area is 144 Å². The fourth-order valence-electron chi connectivity index (χ4n) is 3.19. The molecule has 0 aliphatic carbocycles. The van der Waals surface area contributed by atoms with E-state index in [1.54, 1.807) is 6.07 Å². The Kier molecular flexibility index (Phi) is 4.28. The van der Waals surface area contributed by atoms with Crippen LogP contribution in [0.4, 0.5) is 8.78 Å². The van der Waals surface area contributed by atoms with E-state index in [0.29, 0.717) is 30.4 Å². The summed E-state index contributed by atoms with van der Waals surface area (Å²) in [7, 11) is 0. The van der Waals surface area contributed by atoms with Crippen LogP contribution in [0.3, 0.4) is 0 Å². The maximum absolute atomic E-state index is 13.8. The molecule has 1 fully saturated rings. The van der Waals surface area contributed by atoms with E-state index in [1.165, 1.54) is 6.07 Å². The second-order valence-corrected chi connectivity index (χ2v) is 6.26. The van der Waals surface area contributed by atoms with Gasteiger partial charge in [-0.1, -0.05) is 47.6 Å². The van der Waals surface area contributed by atoms with Crippen molar-refractivity contribution in [1.82, 2.24) is 15.0 Å². The third kappa shape index (κ3) is 3.30. The van der Waals surface area contributed by atoms with Gasteiger partial charge in [0.1, 0.15) is 0 Å². The molecular formula is C19H17F2N3O. The summed E-state index contributed by atoms with van der Waals surface area (Å²) < 4.78 is 32.6. The van der Waals surface area contributed by atoms with Crippen molar-refractivity contribution in [2.24, 2.45) is 0 Å². The molecule has 3 aromatic rings. The van der Waals surface area contributed by atoms with Gasteiger partial charge >= 0.3 is 0 Å². The van der Waals surface area contributed by atoms with Crippen LogP contribution >= 0.6 is 0 Å². The van der Waals surface area contributed by atoms with Crippen LogP contribution in [0.15, 0.2) is 53.1 Å². The quantitative estimate of drug-likeness (QED) is 0.719. The molecule has 1 atom stereocenters. The number of benzene rings is 2. The molecule has 4 nitrogen and oxygen atoms in total. The fourth-order valence-corrected chi connectivity index (χ4v) is 3.19. The predicted octanol–water partition coefficient (Wildman–Crippen LogP) is 4.00. The summed E-state index contributed by atoms with van der Waals surface area (Å²) in [6.07, 6.45) is 0.855. The first-order valence-electron chi connectivity index (χ1n) is 8.25. The Morgan fingerprint density at radius 3 is 2.76 bits per heavy atom. The van der Waals surface area contributed by atoms with Gasteiger partial charge in [0, 0.05) is 24.2 Å². The monoisotopic (exact) mass is 341 g/mol. The highest BCUT2D eigenvalue weighted by atomic mass is 19.2. The molecule has 1 saturated heterocycles. The van der Waals surface area contributed by atoms with Gasteiger partial charge in [0.05, 0.1) is 5.92 Å². The Hall–Kier alpha value is -2.60. The average Bonchev–Trinajstić information content (AvgIpc) is 3.29. The summed E-state index contributed by atoms with van der Waals surface area (Å²) in [5, 5.41) is 4.05. The molecule has 0 N–H and O–H groups in total. The third-order valence-electron chi connectivity index (χ3n) is 4.52. The minimum atomic E-state index is -0.808. The first-order valence-corrected chi connectivity index (χ1v) is 8.25. The molecule has 0 radical (unpaired) electrons. The van der Waals surface area contributed by atoms with E-state index in [1.807, 2.05) is 30.3 Å². The largest absolute Gasteiger partial charge is 0.339 e. The van der Waals surface area contributed by atoms with Crippen LogP contribution in [-0.4, -0.2) is 28.1 Å². The lowest BCUT2D eigenvalue weighted by molar-refractivity contribution is 0.303. The van der Waals surface area contributed by atoms with E-state index in [0.717, 1.165) is 24.6 Å². The molecular weight excluding hydrogens is 324 g/mol. The van der Waals surface area contributed by atoms with Gasteiger partial charge in [-0.2, -0.15) is 4.98 Å². The van der Waals surface area contributed by atoms with E-state index >= 15 is 0 Å². The van der Waals surface area contributed by atoms with E-state index in [2.05, 4.69) is 15.0 Å². The zero-order chi connectivity index (χ0) is 17.2. The molecule has 1 aromatic heterocycles. The fraction of sp³-hybridized carbons (Fsp3) is 0.263. The zero-order valence-electron chi connectivity index (χ0n) is 13.5. The van der Waals surface area contributed by atoms with Crippen molar-refractivity contribution in [2.75, 3.05) is 13.1 Å². The SMILES string of the molecule is Fc1cccc(CN2CC[C@H](c3nc(-c4ccccc4)no3)C2)c1F. The molecule has 2 aromatic carbocycles. The first-order chi connectivity index (χ1) is 12.2. The number of hydrogen-bond donors (Lipinski definition) is 0. The normalized spacial score (nSPS) is 17.9. The van der Waals surface area contributed by atoms with E-state index in [4.69, 9.17) is 4.52 Å². The molecule has 0 amide bonds. The van der Waals surface area contributed by atoms with Crippen molar-refractivity contribution in [3.63, 3.8) is 0 Å².